The van der Waals surface area contributed by atoms with Gasteiger partial charge in [0.15, 0.2) is 0 Å². The van der Waals surface area contributed by atoms with Gasteiger partial charge >= 0.3 is 0 Å². The lowest BCUT2D eigenvalue weighted by molar-refractivity contribution is 0.0729. The normalized spacial score (nSPS) is 15.3. The van der Waals surface area contributed by atoms with Gasteiger partial charge in [-0.25, -0.2) is 20.8 Å². The molecule has 0 radical (unpaired) electrons. The van der Waals surface area contributed by atoms with Gasteiger partial charge in [-0.15, -0.1) is 0 Å². The highest BCUT2D eigenvalue weighted by Crippen LogP contribution is 2.31. The summed E-state index contributed by atoms with van der Waals surface area (Å²) in [6, 6.07) is 12.7. The summed E-state index contributed by atoms with van der Waals surface area (Å²) in [5.74, 6) is -1.10. The molecule has 0 spiro atoms. The number of ether oxygens (including phenoxy) is 1. The fraction of sp³-hybridized carbons (Fsp3) is 0.333. The predicted octanol–water partition coefficient (Wildman–Crippen LogP) is 2.81. The number of nitrogens with zero attached hydrogens (tertiary/aromatic N) is 4. The highest BCUT2D eigenvalue weighted by molar-refractivity contribution is 7.90. The van der Waals surface area contributed by atoms with E-state index < -0.39 is 25.8 Å². The summed E-state index contributed by atoms with van der Waals surface area (Å²) < 4.78 is 61.8. The number of aromatic nitrogens is 1. The van der Waals surface area contributed by atoms with E-state index >= 15 is 0 Å². The van der Waals surface area contributed by atoms with Crippen molar-refractivity contribution in [3.8, 4) is 6.07 Å². The molecule has 1 saturated heterocycles. The van der Waals surface area contributed by atoms with Crippen LogP contribution in [0.1, 0.15) is 27.2 Å². The number of hydrogen-bond acceptors (Lipinski definition) is 8. The Hall–Kier alpha value is -3.50. The van der Waals surface area contributed by atoms with E-state index in [1.165, 1.54) is 39.7 Å². The predicted molar refractivity (Wildman–Crippen MR) is 147 cm³/mol. The Bertz CT molecular complexity index is 1710. The largest absolute Gasteiger partial charge is 0.382 e. The Morgan fingerprint density at radius 1 is 1.05 bits per heavy atom. The number of benzene rings is 2. The van der Waals surface area contributed by atoms with Gasteiger partial charge in [0.25, 0.3) is 10.0 Å². The third-order valence-electron chi connectivity index (χ3n) is 6.46. The molecule has 0 saturated carbocycles. The second-order valence-electron chi connectivity index (χ2n) is 9.66. The van der Waals surface area contributed by atoms with Gasteiger partial charge in [-0.05, 0) is 55.3 Å². The SMILES string of the molecule is Cc1ccc(S(=O)(=O)n2c(C(=O)/C(C#N)=C/N(C)C)cc3cc(C)c(CS(=O)(=O)N4CCOCC4)cc32)cc1. The first-order chi connectivity index (χ1) is 18.3. The Balaban J connectivity index is 1.95. The van der Waals surface area contributed by atoms with Crippen LogP contribution in [0.4, 0.5) is 0 Å². The van der Waals surface area contributed by atoms with Crippen molar-refractivity contribution in [3.05, 3.63) is 76.6 Å². The molecule has 0 bridgehead atoms. The van der Waals surface area contributed by atoms with Crippen LogP contribution in [0.3, 0.4) is 0 Å². The number of carbonyl (C=O) groups is 1. The van der Waals surface area contributed by atoms with Crippen LogP contribution >= 0.6 is 0 Å². The lowest BCUT2D eigenvalue weighted by Crippen LogP contribution is -2.41. The summed E-state index contributed by atoms with van der Waals surface area (Å²) in [5, 5.41) is 10.1. The molecule has 1 aromatic heterocycles. The number of nitriles is 1. The van der Waals surface area contributed by atoms with Crippen LogP contribution in [0.5, 0.6) is 0 Å². The van der Waals surface area contributed by atoms with Gasteiger partial charge in [0.1, 0.15) is 17.3 Å². The standard InChI is InChI=1S/C27H30N4O6S2/c1-19-5-7-24(8-6-19)39(35,36)31-25-15-22(18-38(33,34)30-9-11-37-12-10-30)20(2)13-21(25)14-26(31)27(32)23(16-28)17-29(3)4/h5-8,13-15,17H,9-12,18H2,1-4H3/b23-17+. The molecule has 39 heavy (non-hydrogen) atoms. The number of carbonyl (C=O) groups excluding carboxylic acids is 1. The fourth-order valence-corrected chi connectivity index (χ4v) is 7.52. The molecule has 0 atom stereocenters. The molecule has 10 nitrogen and oxygen atoms in total. The number of ketones is 1. The van der Waals surface area contributed by atoms with Gasteiger partial charge in [-0.3, -0.25) is 4.79 Å². The lowest BCUT2D eigenvalue weighted by Gasteiger charge is -2.26. The Kier molecular flexibility index (Phi) is 7.99. The van der Waals surface area contributed by atoms with Crippen molar-refractivity contribution in [3.63, 3.8) is 0 Å². The van der Waals surface area contributed by atoms with E-state index in [0.717, 1.165) is 9.54 Å². The third kappa shape index (κ3) is 5.77. The van der Waals surface area contributed by atoms with Crippen molar-refractivity contribution >= 4 is 36.7 Å². The molecule has 12 heteroatoms. The first kappa shape index (κ1) is 28.5. The summed E-state index contributed by atoms with van der Waals surface area (Å²) >= 11 is 0. The average molecular weight is 571 g/mol. The minimum Gasteiger partial charge on any atom is -0.382 e. The first-order valence-electron chi connectivity index (χ1n) is 12.2. The van der Waals surface area contributed by atoms with Crippen LogP contribution < -0.4 is 0 Å². The molecule has 0 N–H and O–H groups in total. The number of sulfonamides is 1. The molecule has 3 aromatic rings. The summed E-state index contributed by atoms with van der Waals surface area (Å²) in [5.41, 5.74) is 1.60. The molecule has 4 rings (SSSR count). The Labute approximate surface area is 228 Å². The maximum atomic E-state index is 14.0. The number of hydrogen-bond donors (Lipinski definition) is 0. The van der Waals surface area contributed by atoms with Gasteiger partial charge in [0, 0.05) is 38.8 Å². The highest BCUT2D eigenvalue weighted by atomic mass is 32.2. The van der Waals surface area contributed by atoms with E-state index in [9.17, 15) is 26.9 Å². The molecule has 0 amide bonds. The molecule has 2 heterocycles. The number of aryl methyl sites for hydroxylation is 2. The van der Waals surface area contributed by atoms with Crippen molar-refractivity contribution in [1.29, 1.82) is 5.26 Å². The second kappa shape index (κ2) is 10.9. The van der Waals surface area contributed by atoms with Crippen LogP contribution in [-0.4, -0.2) is 76.2 Å². The van der Waals surface area contributed by atoms with E-state index in [0.29, 0.717) is 29.7 Å². The van der Waals surface area contributed by atoms with Gasteiger partial charge in [-0.2, -0.15) is 9.57 Å². The number of allylic oxidation sites excluding steroid dienone is 1. The maximum Gasteiger partial charge on any atom is 0.268 e. The molecule has 1 fully saturated rings. The Morgan fingerprint density at radius 3 is 2.28 bits per heavy atom. The zero-order valence-electron chi connectivity index (χ0n) is 22.2. The molecule has 2 aromatic carbocycles. The molecule has 0 aliphatic carbocycles. The van der Waals surface area contributed by atoms with Crippen LogP contribution in [0, 0.1) is 25.2 Å². The average Bonchev–Trinajstić information content (AvgIpc) is 3.26. The van der Waals surface area contributed by atoms with Gasteiger partial charge in [0.2, 0.25) is 15.8 Å². The molecule has 0 unspecified atom stereocenters. The van der Waals surface area contributed by atoms with E-state index in [-0.39, 0.29) is 40.5 Å². The lowest BCUT2D eigenvalue weighted by atomic mass is 10.1. The Morgan fingerprint density at radius 2 is 1.69 bits per heavy atom. The summed E-state index contributed by atoms with van der Waals surface area (Å²) in [6.45, 7) is 4.67. The number of fused-ring (bicyclic) bond motifs is 1. The zero-order valence-corrected chi connectivity index (χ0v) is 23.8. The van der Waals surface area contributed by atoms with Crippen LogP contribution in [0.25, 0.3) is 10.9 Å². The highest BCUT2D eigenvalue weighted by Gasteiger charge is 2.30. The van der Waals surface area contributed by atoms with Crippen molar-refractivity contribution in [2.75, 3.05) is 40.4 Å². The second-order valence-corrected chi connectivity index (χ2v) is 13.4. The summed E-state index contributed by atoms with van der Waals surface area (Å²) in [6.07, 6.45) is 1.33. The summed E-state index contributed by atoms with van der Waals surface area (Å²) in [4.78, 5) is 15.0. The minimum atomic E-state index is -4.31. The number of morpholine rings is 1. The molecular formula is C27H30N4O6S2. The molecule has 206 valence electrons. The van der Waals surface area contributed by atoms with Crippen molar-refractivity contribution in [2.24, 2.45) is 0 Å². The third-order valence-corrected chi connectivity index (χ3v) is 10.0. The topological polar surface area (TPSA) is 130 Å². The van der Waals surface area contributed by atoms with Crippen molar-refractivity contribution in [2.45, 2.75) is 24.5 Å². The van der Waals surface area contributed by atoms with Gasteiger partial charge < -0.3 is 9.64 Å². The summed E-state index contributed by atoms with van der Waals surface area (Å²) in [7, 11) is -4.72. The molecule has 1 aliphatic rings. The number of rotatable bonds is 8. The van der Waals surface area contributed by atoms with E-state index in [2.05, 4.69) is 0 Å². The van der Waals surface area contributed by atoms with E-state index in [1.54, 1.807) is 39.2 Å². The van der Waals surface area contributed by atoms with Crippen molar-refractivity contribution in [1.82, 2.24) is 13.2 Å². The zero-order chi connectivity index (χ0) is 28.5. The monoisotopic (exact) mass is 570 g/mol. The van der Waals surface area contributed by atoms with Crippen LogP contribution in [0.15, 0.2) is 59.1 Å². The van der Waals surface area contributed by atoms with Crippen LogP contribution in [-0.2, 0) is 30.5 Å². The van der Waals surface area contributed by atoms with Gasteiger partial charge in [-0.1, -0.05) is 17.7 Å². The van der Waals surface area contributed by atoms with Gasteiger partial charge in [0.05, 0.1) is 29.4 Å². The quantitative estimate of drug-likeness (QED) is 0.230. The van der Waals surface area contributed by atoms with E-state index in [1.807, 2.05) is 13.0 Å². The minimum absolute atomic E-state index is 0.0437. The maximum absolute atomic E-state index is 14.0. The van der Waals surface area contributed by atoms with Crippen molar-refractivity contribution < 1.29 is 26.4 Å². The fourth-order valence-electron chi connectivity index (χ4n) is 4.42. The smallest absolute Gasteiger partial charge is 0.268 e. The van der Waals surface area contributed by atoms with Crippen LogP contribution in [0.2, 0.25) is 0 Å². The number of Topliss-reactive ketones (excluding diaryl/α,β-unsaturated/α-hetero) is 1. The first-order valence-corrected chi connectivity index (χ1v) is 15.3. The molecule has 1 aliphatic heterocycles. The molecular weight excluding hydrogens is 540 g/mol. The van der Waals surface area contributed by atoms with E-state index in [4.69, 9.17) is 4.74 Å².